The second-order valence-electron chi connectivity index (χ2n) is 4.06. The number of nitrogens with zero attached hydrogens (tertiary/aromatic N) is 1. The molecule has 0 aromatic carbocycles. The minimum atomic E-state index is 0.536. The number of hydrogen-bond acceptors (Lipinski definition) is 3. The minimum Gasteiger partial charge on any atom is -0.309 e. The van der Waals surface area contributed by atoms with Gasteiger partial charge in [-0.3, -0.25) is 0 Å². The molecule has 1 N–H and O–H groups in total. The molecule has 1 aliphatic heterocycles. The van der Waals surface area contributed by atoms with Gasteiger partial charge in [-0.1, -0.05) is 0 Å². The molecule has 2 nitrogen and oxygen atoms in total. The first-order valence-electron chi connectivity index (χ1n) is 5.07. The fourth-order valence-electron chi connectivity index (χ4n) is 1.90. The van der Waals surface area contributed by atoms with E-state index in [1.54, 1.807) is 0 Å². The van der Waals surface area contributed by atoms with Crippen LogP contribution in [0.15, 0.2) is 0 Å². The van der Waals surface area contributed by atoms with Crippen LogP contribution in [0.25, 0.3) is 0 Å². The van der Waals surface area contributed by atoms with Crippen LogP contribution in [0.4, 0.5) is 0 Å². The number of nitrogens with one attached hydrogen (secondary N) is 1. The van der Waals surface area contributed by atoms with E-state index in [1.165, 1.54) is 28.4 Å². The summed E-state index contributed by atoms with van der Waals surface area (Å²) in [6.07, 6.45) is 3.87. The Bertz CT molecular complexity index is 328. The van der Waals surface area contributed by atoms with E-state index >= 15 is 0 Å². The van der Waals surface area contributed by atoms with Gasteiger partial charge in [0.2, 0.25) is 0 Å². The molecule has 1 fully saturated rings. The second kappa shape index (κ2) is 2.79. The fraction of sp³-hybridized carbons (Fsp3) is 0.700. The molecule has 2 aliphatic rings. The zero-order valence-corrected chi connectivity index (χ0v) is 8.66. The lowest BCUT2D eigenvalue weighted by molar-refractivity contribution is 0.544. The van der Waals surface area contributed by atoms with Crippen LogP contribution < -0.4 is 5.32 Å². The van der Waals surface area contributed by atoms with Crippen molar-refractivity contribution in [2.75, 3.05) is 6.54 Å². The summed E-state index contributed by atoms with van der Waals surface area (Å²) in [5.41, 5.74) is 1.37. The molecule has 0 amide bonds. The van der Waals surface area contributed by atoms with Crippen molar-refractivity contribution in [3.05, 3.63) is 15.6 Å². The standard InChI is InChI=1S/C10H14N2S/c1-6-9-8(4-5-11-6)12-10(13-9)7-2-3-7/h6-7,11H,2-5H2,1H3/t6-/m1/s1. The Morgan fingerprint density at radius 2 is 2.31 bits per heavy atom. The first kappa shape index (κ1) is 7.94. The maximum Gasteiger partial charge on any atom is 0.0962 e. The molecule has 0 saturated heterocycles. The predicted molar refractivity (Wildman–Crippen MR) is 54.2 cm³/mol. The molecule has 3 rings (SSSR count). The number of thiazole rings is 1. The second-order valence-corrected chi connectivity index (χ2v) is 5.13. The van der Waals surface area contributed by atoms with Gasteiger partial charge >= 0.3 is 0 Å². The number of hydrogen-bond donors (Lipinski definition) is 1. The van der Waals surface area contributed by atoms with Gasteiger partial charge in [0.1, 0.15) is 0 Å². The highest BCUT2D eigenvalue weighted by atomic mass is 32.1. The van der Waals surface area contributed by atoms with Crippen molar-refractivity contribution in [3.8, 4) is 0 Å². The lowest BCUT2D eigenvalue weighted by Crippen LogP contribution is -2.26. The molecule has 0 unspecified atom stereocenters. The van der Waals surface area contributed by atoms with Gasteiger partial charge in [-0.2, -0.15) is 0 Å². The van der Waals surface area contributed by atoms with Crippen molar-refractivity contribution in [1.29, 1.82) is 0 Å². The van der Waals surface area contributed by atoms with Crippen molar-refractivity contribution in [2.24, 2.45) is 0 Å². The van der Waals surface area contributed by atoms with Crippen molar-refractivity contribution in [1.82, 2.24) is 10.3 Å². The number of aromatic nitrogens is 1. The van der Waals surface area contributed by atoms with Gasteiger partial charge in [0.15, 0.2) is 0 Å². The summed E-state index contributed by atoms with van der Waals surface area (Å²) in [5.74, 6) is 0.822. The van der Waals surface area contributed by atoms with Crippen molar-refractivity contribution in [2.45, 2.75) is 38.1 Å². The van der Waals surface area contributed by atoms with E-state index in [2.05, 4.69) is 12.2 Å². The lowest BCUT2D eigenvalue weighted by Gasteiger charge is -2.18. The Hall–Kier alpha value is -0.410. The zero-order valence-electron chi connectivity index (χ0n) is 7.84. The Morgan fingerprint density at radius 1 is 1.46 bits per heavy atom. The van der Waals surface area contributed by atoms with Crippen molar-refractivity contribution >= 4 is 11.3 Å². The van der Waals surface area contributed by atoms with Crippen LogP contribution in [0.1, 0.15) is 47.3 Å². The molecule has 1 atom stereocenters. The van der Waals surface area contributed by atoms with Gasteiger partial charge in [-0.05, 0) is 19.8 Å². The summed E-state index contributed by atoms with van der Waals surface area (Å²) < 4.78 is 0. The van der Waals surface area contributed by atoms with E-state index in [0.717, 1.165) is 18.9 Å². The Morgan fingerprint density at radius 3 is 3.00 bits per heavy atom. The quantitative estimate of drug-likeness (QED) is 0.741. The first-order chi connectivity index (χ1) is 6.34. The third-order valence-corrected chi connectivity index (χ3v) is 4.32. The van der Waals surface area contributed by atoms with E-state index in [4.69, 9.17) is 4.98 Å². The average molecular weight is 194 g/mol. The molecule has 0 spiro atoms. The van der Waals surface area contributed by atoms with Gasteiger partial charge in [0, 0.05) is 29.8 Å². The Labute approximate surface area is 82.4 Å². The summed E-state index contributed by atoms with van der Waals surface area (Å²) >= 11 is 1.94. The fourth-order valence-corrected chi connectivity index (χ4v) is 3.21. The van der Waals surface area contributed by atoms with Crippen LogP contribution in [-0.2, 0) is 6.42 Å². The predicted octanol–water partition coefficient (Wildman–Crippen LogP) is 2.23. The molecule has 1 aliphatic carbocycles. The first-order valence-corrected chi connectivity index (χ1v) is 5.89. The summed E-state index contributed by atoms with van der Waals surface area (Å²) in [5, 5.41) is 4.88. The van der Waals surface area contributed by atoms with Gasteiger partial charge in [0.05, 0.1) is 10.7 Å². The molecule has 1 aromatic rings. The molecular weight excluding hydrogens is 180 g/mol. The summed E-state index contributed by atoms with van der Waals surface area (Å²) in [7, 11) is 0. The summed E-state index contributed by atoms with van der Waals surface area (Å²) in [6.45, 7) is 3.34. The normalized spacial score (nSPS) is 27.3. The molecule has 3 heteroatoms. The molecular formula is C10H14N2S. The maximum absolute atomic E-state index is 4.74. The topological polar surface area (TPSA) is 24.9 Å². The monoisotopic (exact) mass is 194 g/mol. The third kappa shape index (κ3) is 1.30. The SMILES string of the molecule is C[C@H]1NCCc2nc(C3CC3)sc21. The highest BCUT2D eigenvalue weighted by molar-refractivity contribution is 7.12. The minimum absolute atomic E-state index is 0.536. The molecule has 1 aromatic heterocycles. The number of rotatable bonds is 1. The molecule has 2 heterocycles. The smallest absolute Gasteiger partial charge is 0.0962 e. The zero-order chi connectivity index (χ0) is 8.84. The van der Waals surface area contributed by atoms with Crippen LogP contribution >= 0.6 is 11.3 Å². The van der Waals surface area contributed by atoms with Crippen LogP contribution in [0.3, 0.4) is 0 Å². The third-order valence-electron chi connectivity index (χ3n) is 2.88. The molecule has 1 saturated carbocycles. The van der Waals surface area contributed by atoms with E-state index in [9.17, 15) is 0 Å². The van der Waals surface area contributed by atoms with E-state index in [0.29, 0.717) is 6.04 Å². The van der Waals surface area contributed by atoms with Crippen LogP contribution in [0.2, 0.25) is 0 Å². The highest BCUT2D eigenvalue weighted by Crippen LogP contribution is 2.44. The van der Waals surface area contributed by atoms with Crippen molar-refractivity contribution < 1.29 is 0 Å². The van der Waals surface area contributed by atoms with Crippen LogP contribution in [0.5, 0.6) is 0 Å². The van der Waals surface area contributed by atoms with E-state index in [1.807, 2.05) is 11.3 Å². The number of fused-ring (bicyclic) bond motifs is 1. The van der Waals surface area contributed by atoms with Gasteiger partial charge in [-0.25, -0.2) is 4.98 Å². The highest BCUT2D eigenvalue weighted by Gasteiger charge is 2.30. The Balaban J connectivity index is 1.99. The van der Waals surface area contributed by atoms with E-state index < -0.39 is 0 Å². The average Bonchev–Trinajstić information content (AvgIpc) is 2.87. The van der Waals surface area contributed by atoms with Gasteiger partial charge in [0.25, 0.3) is 0 Å². The summed E-state index contributed by atoms with van der Waals surface area (Å²) in [6, 6.07) is 0.536. The molecule has 13 heavy (non-hydrogen) atoms. The maximum atomic E-state index is 4.74. The van der Waals surface area contributed by atoms with Crippen molar-refractivity contribution in [3.63, 3.8) is 0 Å². The summed E-state index contributed by atoms with van der Waals surface area (Å²) in [4.78, 5) is 6.24. The molecule has 0 radical (unpaired) electrons. The lowest BCUT2D eigenvalue weighted by atomic mass is 10.1. The molecule has 70 valence electrons. The van der Waals surface area contributed by atoms with E-state index in [-0.39, 0.29) is 0 Å². The van der Waals surface area contributed by atoms with Crippen LogP contribution in [-0.4, -0.2) is 11.5 Å². The Kier molecular flexibility index (Phi) is 1.70. The molecule has 0 bridgehead atoms. The largest absolute Gasteiger partial charge is 0.309 e. The van der Waals surface area contributed by atoms with Gasteiger partial charge in [-0.15, -0.1) is 11.3 Å². The van der Waals surface area contributed by atoms with Crippen LogP contribution in [0, 0.1) is 0 Å². The van der Waals surface area contributed by atoms with Gasteiger partial charge < -0.3 is 5.32 Å².